The summed E-state index contributed by atoms with van der Waals surface area (Å²) in [6.07, 6.45) is 7.79. The van der Waals surface area contributed by atoms with Crippen molar-refractivity contribution >= 4 is 11.9 Å². The number of primary amides is 1. The number of rotatable bonds is 8. The molecule has 1 fully saturated rings. The maximum Gasteiger partial charge on any atom is 0.248 e. The molecule has 0 spiro atoms. The van der Waals surface area contributed by atoms with Gasteiger partial charge in [-0.1, -0.05) is 31.4 Å². The van der Waals surface area contributed by atoms with Crippen LogP contribution >= 0.6 is 0 Å². The van der Waals surface area contributed by atoms with Gasteiger partial charge in [-0.05, 0) is 37.0 Å². The van der Waals surface area contributed by atoms with Gasteiger partial charge < -0.3 is 21.1 Å². The molecule has 25 heavy (non-hydrogen) atoms. The molecule has 1 aromatic carbocycles. The molecule has 1 aliphatic rings. The fourth-order valence-corrected chi connectivity index (χ4v) is 3.00. The number of carbonyl (C=O) groups is 1. The molecule has 1 aliphatic carbocycles. The number of amides is 1. The van der Waals surface area contributed by atoms with Crippen LogP contribution in [0.5, 0.6) is 0 Å². The van der Waals surface area contributed by atoms with Crippen LogP contribution in [0.1, 0.15) is 54.4 Å². The topological polar surface area (TPSA) is 88.7 Å². The maximum atomic E-state index is 11.2. The standard InChI is InChI=1S/C19H30N4O2/c1-21-19(22-11-6-12-25-17-9-3-2-4-10-17)23-14-15-7-5-8-16(13-15)18(20)24/h5,7-8,13,17H,2-4,6,9-12,14H2,1H3,(H2,20,24)(H2,21,22,23). The molecule has 1 aromatic rings. The molecular weight excluding hydrogens is 316 g/mol. The average molecular weight is 346 g/mol. The number of ether oxygens (including phenoxy) is 1. The first-order chi connectivity index (χ1) is 12.2. The fourth-order valence-electron chi connectivity index (χ4n) is 3.00. The number of carbonyl (C=O) groups excluding carboxylic acids is 1. The van der Waals surface area contributed by atoms with Crippen molar-refractivity contribution in [3.63, 3.8) is 0 Å². The van der Waals surface area contributed by atoms with Crippen molar-refractivity contribution in [1.82, 2.24) is 10.6 Å². The van der Waals surface area contributed by atoms with Gasteiger partial charge in [0.1, 0.15) is 0 Å². The number of benzene rings is 1. The van der Waals surface area contributed by atoms with Gasteiger partial charge in [0.05, 0.1) is 6.10 Å². The Bertz CT molecular complexity index is 568. The molecule has 2 rings (SSSR count). The predicted octanol–water partition coefficient (Wildman–Crippen LogP) is 2.19. The van der Waals surface area contributed by atoms with Crippen molar-refractivity contribution in [3.05, 3.63) is 35.4 Å². The van der Waals surface area contributed by atoms with Crippen molar-refractivity contribution in [2.45, 2.75) is 51.2 Å². The second kappa shape index (κ2) is 10.7. The Kier molecular flexibility index (Phi) is 8.25. The summed E-state index contributed by atoms with van der Waals surface area (Å²) in [7, 11) is 1.74. The van der Waals surface area contributed by atoms with E-state index in [1.54, 1.807) is 19.2 Å². The van der Waals surface area contributed by atoms with Gasteiger partial charge in [0.25, 0.3) is 0 Å². The predicted molar refractivity (Wildman–Crippen MR) is 101 cm³/mol. The highest BCUT2D eigenvalue weighted by molar-refractivity contribution is 5.92. The molecule has 0 aliphatic heterocycles. The molecule has 4 N–H and O–H groups in total. The molecule has 0 radical (unpaired) electrons. The lowest BCUT2D eigenvalue weighted by molar-refractivity contribution is 0.0277. The van der Waals surface area contributed by atoms with Crippen molar-refractivity contribution in [2.24, 2.45) is 10.7 Å². The first-order valence-corrected chi connectivity index (χ1v) is 9.14. The number of guanidine groups is 1. The van der Waals surface area contributed by atoms with Crippen LogP contribution in [-0.2, 0) is 11.3 Å². The molecule has 0 bridgehead atoms. The fraction of sp³-hybridized carbons (Fsp3) is 0.579. The summed E-state index contributed by atoms with van der Waals surface area (Å²) >= 11 is 0. The van der Waals surface area contributed by atoms with Crippen LogP contribution < -0.4 is 16.4 Å². The van der Waals surface area contributed by atoms with Crippen molar-refractivity contribution in [3.8, 4) is 0 Å². The maximum absolute atomic E-state index is 11.2. The zero-order valence-corrected chi connectivity index (χ0v) is 15.1. The van der Waals surface area contributed by atoms with Gasteiger partial charge in [-0.25, -0.2) is 0 Å². The summed E-state index contributed by atoms with van der Waals surface area (Å²) in [4.78, 5) is 15.4. The van der Waals surface area contributed by atoms with Crippen LogP contribution in [0.15, 0.2) is 29.3 Å². The molecule has 6 heteroatoms. The molecule has 6 nitrogen and oxygen atoms in total. The minimum absolute atomic E-state index is 0.415. The van der Waals surface area contributed by atoms with E-state index in [9.17, 15) is 4.79 Å². The summed E-state index contributed by atoms with van der Waals surface area (Å²) in [5, 5.41) is 6.52. The largest absolute Gasteiger partial charge is 0.378 e. The van der Waals surface area contributed by atoms with E-state index in [1.165, 1.54) is 32.1 Å². The SMILES string of the molecule is CN=C(NCCCOC1CCCCC1)NCc1cccc(C(N)=O)c1. The lowest BCUT2D eigenvalue weighted by Gasteiger charge is -2.22. The Morgan fingerprint density at radius 3 is 2.80 bits per heavy atom. The summed E-state index contributed by atoms with van der Waals surface area (Å²) in [6, 6.07) is 7.28. The van der Waals surface area contributed by atoms with Crippen LogP contribution in [0.4, 0.5) is 0 Å². The Labute approximate surface area is 150 Å². The molecule has 0 unspecified atom stereocenters. The molecule has 0 atom stereocenters. The summed E-state index contributed by atoms with van der Waals surface area (Å²) in [6.45, 7) is 2.18. The number of nitrogens with two attached hydrogens (primary N) is 1. The number of hydrogen-bond donors (Lipinski definition) is 3. The Balaban J connectivity index is 1.63. The van der Waals surface area contributed by atoms with Gasteiger partial charge in [-0.2, -0.15) is 0 Å². The molecular formula is C19H30N4O2. The van der Waals surface area contributed by atoms with E-state index in [4.69, 9.17) is 10.5 Å². The highest BCUT2D eigenvalue weighted by Crippen LogP contribution is 2.20. The number of nitrogens with zero attached hydrogens (tertiary/aromatic N) is 1. The van der Waals surface area contributed by atoms with Gasteiger partial charge in [0.15, 0.2) is 5.96 Å². The third-order valence-electron chi connectivity index (χ3n) is 4.41. The summed E-state index contributed by atoms with van der Waals surface area (Å²) in [5.41, 5.74) is 6.81. The van der Waals surface area contributed by atoms with Crippen LogP contribution in [-0.4, -0.2) is 38.2 Å². The minimum Gasteiger partial charge on any atom is -0.378 e. The van der Waals surface area contributed by atoms with E-state index in [0.717, 1.165) is 31.1 Å². The first kappa shape index (κ1) is 19.2. The third kappa shape index (κ3) is 7.13. The number of nitrogens with one attached hydrogen (secondary N) is 2. The van der Waals surface area contributed by atoms with Crippen LogP contribution in [0, 0.1) is 0 Å². The Hall–Kier alpha value is -2.08. The van der Waals surface area contributed by atoms with Crippen LogP contribution in [0.2, 0.25) is 0 Å². The highest BCUT2D eigenvalue weighted by atomic mass is 16.5. The number of hydrogen-bond acceptors (Lipinski definition) is 3. The average Bonchev–Trinajstić information content (AvgIpc) is 2.65. The normalized spacial score (nSPS) is 15.8. The molecule has 0 aromatic heterocycles. The zero-order valence-electron chi connectivity index (χ0n) is 15.1. The van der Waals surface area contributed by atoms with E-state index in [-0.39, 0.29) is 0 Å². The van der Waals surface area contributed by atoms with E-state index in [1.807, 2.05) is 12.1 Å². The quantitative estimate of drug-likeness (QED) is 0.382. The third-order valence-corrected chi connectivity index (χ3v) is 4.41. The van der Waals surface area contributed by atoms with E-state index >= 15 is 0 Å². The Morgan fingerprint density at radius 2 is 2.08 bits per heavy atom. The molecule has 0 heterocycles. The van der Waals surface area contributed by atoms with Gasteiger partial charge in [0, 0.05) is 32.3 Å². The number of aliphatic imine (C=N–C) groups is 1. The summed E-state index contributed by atoms with van der Waals surface area (Å²) in [5.74, 6) is 0.324. The van der Waals surface area contributed by atoms with Gasteiger partial charge in [0.2, 0.25) is 5.91 Å². The Morgan fingerprint density at radius 1 is 1.28 bits per heavy atom. The van der Waals surface area contributed by atoms with E-state index in [2.05, 4.69) is 15.6 Å². The van der Waals surface area contributed by atoms with Gasteiger partial charge >= 0.3 is 0 Å². The summed E-state index contributed by atoms with van der Waals surface area (Å²) < 4.78 is 5.92. The highest BCUT2D eigenvalue weighted by Gasteiger charge is 2.12. The molecule has 0 saturated heterocycles. The van der Waals surface area contributed by atoms with Crippen molar-refractivity contribution in [1.29, 1.82) is 0 Å². The van der Waals surface area contributed by atoms with Crippen molar-refractivity contribution < 1.29 is 9.53 Å². The zero-order chi connectivity index (χ0) is 17.9. The van der Waals surface area contributed by atoms with Gasteiger partial charge in [-0.15, -0.1) is 0 Å². The van der Waals surface area contributed by atoms with Crippen molar-refractivity contribution in [2.75, 3.05) is 20.2 Å². The monoisotopic (exact) mass is 346 g/mol. The van der Waals surface area contributed by atoms with Gasteiger partial charge in [-0.3, -0.25) is 9.79 Å². The second-order valence-electron chi connectivity index (χ2n) is 6.40. The van der Waals surface area contributed by atoms with E-state index in [0.29, 0.717) is 18.2 Å². The molecule has 138 valence electrons. The molecule has 1 amide bonds. The molecule has 1 saturated carbocycles. The smallest absolute Gasteiger partial charge is 0.248 e. The lowest BCUT2D eigenvalue weighted by atomic mass is 9.98. The lowest BCUT2D eigenvalue weighted by Crippen LogP contribution is -2.37. The first-order valence-electron chi connectivity index (χ1n) is 9.14. The minimum atomic E-state index is -0.415. The van der Waals surface area contributed by atoms with Crippen LogP contribution in [0.25, 0.3) is 0 Å². The van der Waals surface area contributed by atoms with Crippen LogP contribution in [0.3, 0.4) is 0 Å². The second-order valence-corrected chi connectivity index (χ2v) is 6.40. The van der Waals surface area contributed by atoms with E-state index < -0.39 is 5.91 Å².